The molecular weight excluding hydrogens is 233 g/mol. The van der Waals surface area contributed by atoms with Crippen molar-refractivity contribution < 1.29 is 21.6 Å². The van der Waals surface area contributed by atoms with Crippen molar-refractivity contribution in [1.29, 1.82) is 0 Å². The van der Waals surface area contributed by atoms with E-state index in [9.17, 15) is 21.6 Å². The summed E-state index contributed by atoms with van der Waals surface area (Å²) in [5.41, 5.74) is -1.34. The molecule has 0 aromatic carbocycles. The maximum absolute atomic E-state index is 12.9. The molecule has 15 heavy (non-hydrogen) atoms. The highest BCUT2D eigenvalue weighted by Gasteiger charge is 2.24. The van der Waals surface area contributed by atoms with Crippen molar-refractivity contribution in [2.75, 3.05) is 0 Å². The number of alkyl halides is 2. The van der Waals surface area contributed by atoms with Gasteiger partial charge in [0.05, 0.1) is 5.69 Å². The molecule has 84 valence electrons. The van der Waals surface area contributed by atoms with Crippen LogP contribution < -0.4 is 5.14 Å². The fraction of sp³-hybridized carbons (Fsp3) is 0.286. The molecule has 0 aliphatic heterocycles. The average Bonchev–Trinajstić information content (AvgIpc) is 2.06. The molecule has 0 fully saturated rings. The topological polar surface area (TPSA) is 73.0 Å². The summed E-state index contributed by atoms with van der Waals surface area (Å²) < 4.78 is 59.4. The lowest BCUT2D eigenvalue weighted by Gasteiger charge is -2.07. The molecule has 0 aliphatic carbocycles. The predicted octanol–water partition coefficient (Wildman–Crippen LogP) is 1.11. The van der Waals surface area contributed by atoms with Gasteiger partial charge in [-0.3, -0.25) is 0 Å². The van der Waals surface area contributed by atoms with E-state index in [1.165, 1.54) is 0 Å². The molecule has 1 heterocycles. The number of hydrogen-bond donors (Lipinski definition) is 1. The number of hydrogen-bond acceptors (Lipinski definition) is 3. The van der Waals surface area contributed by atoms with Gasteiger partial charge in [-0.25, -0.2) is 31.7 Å². The number of rotatable bonds is 2. The average molecular weight is 240 g/mol. The largest absolute Gasteiger partial charge is 0.281 e. The lowest BCUT2D eigenvalue weighted by atomic mass is 10.3. The van der Waals surface area contributed by atoms with E-state index in [1.54, 1.807) is 0 Å². The Kier molecular flexibility index (Phi) is 3.00. The zero-order valence-corrected chi connectivity index (χ0v) is 8.35. The third kappa shape index (κ3) is 2.45. The Labute approximate surface area is 84.0 Å². The molecule has 0 unspecified atom stereocenters. The number of primary sulfonamides is 1. The fourth-order valence-corrected chi connectivity index (χ4v) is 1.66. The number of nitrogens with two attached hydrogens (primary N) is 1. The molecule has 1 rings (SSSR count). The summed E-state index contributed by atoms with van der Waals surface area (Å²) in [5, 5.41) is 4.65. The molecule has 0 radical (unpaired) electrons. The second-order valence-corrected chi connectivity index (χ2v) is 4.31. The monoisotopic (exact) mass is 240 g/mol. The van der Waals surface area contributed by atoms with Gasteiger partial charge in [0.25, 0.3) is 6.43 Å². The maximum atomic E-state index is 12.9. The Morgan fingerprint density at radius 3 is 2.40 bits per heavy atom. The zero-order valence-electron chi connectivity index (χ0n) is 7.54. The van der Waals surface area contributed by atoms with Gasteiger partial charge in [0.2, 0.25) is 10.0 Å². The van der Waals surface area contributed by atoms with E-state index in [2.05, 4.69) is 10.1 Å². The molecule has 0 bridgehead atoms. The Bertz CT molecular complexity index is 487. The summed E-state index contributed by atoms with van der Waals surface area (Å²) in [6.45, 7) is 1.15. The van der Waals surface area contributed by atoms with Crippen LogP contribution in [-0.2, 0) is 10.0 Å². The van der Waals surface area contributed by atoms with Crippen molar-refractivity contribution in [3.05, 3.63) is 23.3 Å². The Morgan fingerprint density at radius 1 is 1.47 bits per heavy atom. The van der Waals surface area contributed by atoms with Crippen LogP contribution in [0.3, 0.4) is 0 Å². The number of aryl methyl sites for hydroxylation is 1. The Morgan fingerprint density at radius 2 is 2.00 bits per heavy atom. The summed E-state index contributed by atoms with van der Waals surface area (Å²) in [6.07, 6.45) is -3.13. The number of halogens is 3. The van der Waals surface area contributed by atoms with Crippen molar-refractivity contribution in [2.45, 2.75) is 18.2 Å². The molecule has 0 atom stereocenters. The van der Waals surface area contributed by atoms with E-state index in [0.29, 0.717) is 6.07 Å². The highest BCUT2D eigenvalue weighted by Crippen LogP contribution is 2.25. The molecule has 0 saturated carbocycles. The second kappa shape index (κ2) is 3.78. The molecule has 2 N–H and O–H groups in total. The van der Waals surface area contributed by atoms with Gasteiger partial charge in [-0.15, -0.1) is 0 Å². The normalized spacial score (nSPS) is 12.1. The smallest absolute Gasteiger partial charge is 0.248 e. The third-order valence-electron chi connectivity index (χ3n) is 1.66. The van der Waals surface area contributed by atoms with E-state index in [0.717, 1.165) is 6.92 Å². The van der Waals surface area contributed by atoms with E-state index < -0.39 is 32.9 Å². The van der Waals surface area contributed by atoms with Gasteiger partial charge in [-0.1, -0.05) is 0 Å². The zero-order chi connectivity index (χ0) is 11.8. The van der Waals surface area contributed by atoms with Crippen molar-refractivity contribution in [2.24, 2.45) is 5.14 Å². The van der Waals surface area contributed by atoms with E-state index in [1.807, 2.05) is 0 Å². The van der Waals surface area contributed by atoms with Gasteiger partial charge in [0.15, 0.2) is 0 Å². The minimum Gasteiger partial charge on any atom is -0.248 e. The van der Waals surface area contributed by atoms with Gasteiger partial charge in [0, 0.05) is 0 Å². The Balaban J connectivity index is 3.56. The summed E-state index contributed by atoms with van der Waals surface area (Å²) >= 11 is 0. The molecule has 1 aromatic rings. The fourth-order valence-electron chi connectivity index (χ4n) is 0.967. The molecular formula is C7H7F3N2O2S. The van der Waals surface area contributed by atoms with Crippen molar-refractivity contribution in [3.8, 4) is 0 Å². The summed E-state index contributed by atoms with van der Waals surface area (Å²) in [6, 6.07) is 0.444. The standard InChI is InChI=1S/C7H7F3N2O2S/c1-3-4(8)2-5(15(11,13)14)6(12-3)7(9)10/h2,7H,1H3,(H2,11,13,14). The van der Waals surface area contributed by atoms with Crippen molar-refractivity contribution >= 4 is 10.0 Å². The van der Waals surface area contributed by atoms with Crippen molar-refractivity contribution in [3.63, 3.8) is 0 Å². The van der Waals surface area contributed by atoms with Crippen LogP contribution >= 0.6 is 0 Å². The summed E-state index contributed by atoms with van der Waals surface area (Å²) in [4.78, 5) is 2.17. The maximum Gasteiger partial charge on any atom is 0.281 e. The van der Waals surface area contributed by atoms with Crippen LogP contribution in [0.15, 0.2) is 11.0 Å². The van der Waals surface area contributed by atoms with E-state index >= 15 is 0 Å². The first kappa shape index (κ1) is 11.9. The number of pyridine rings is 1. The Hall–Kier alpha value is -1.15. The lowest BCUT2D eigenvalue weighted by Crippen LogP contribution is -2.17. The van der Waals surface area contributed by atoms with Gasteiger partial charge < -0.3 is 0 Å². The minimum absolute atomic E-state index is 0.308. The highest BCUT2D eigenvalue weighted by atomic mass is 32.2. The molecule has 0 saturated heterocycles. The van der Waals surface area contributed by atoms with Crippen LogP contribution in [0.4, 0.5) is 13.2 Å². The first-order valence-electron chi connectivity index (χ1n) is 3.71. The molecule has 8 heteroatoms. The van der Waals surface area contributed by atoms with Gasteiger partial charge in [-0.05, 0) is 13.0 Å². The highest BCUT2D eigenvalue weighted by molar-refractivity contribution is 7.89. The SMILES string of the molecule is Cc1nc(C(F)F)c(S(N)(=O)=O)cc1F. The molecule has 0 amide bonds. The summed E-state index contributed by atoms with van der Waals surface area (Å²) in [7, 11) is -4.40. The van der Waals surface area contributed by atoms with Crippen LogP contribution in [0.2, 0.25) is 0 Å². The van der Waals surface area contributed by atoms with Crippen LogP contribution in [0, 0.1) is 12.7 Å². The lowest BCUT2D eigenvalue weighted by molar-refractivity contribution is 0.141. The van der Waals surface area contributed by atoms with Crippen molar-refractivity contribution in [1.82, 2.24) is 4.98 Å². The van der Waals surface area contributed by atoms with Gasteiger partial charge in [0.1, 0.15) is 16.4 Å². The second-order valence-electron chi connectivity index (χ2n) is 2.78. The van der Waals surface area contributed by atoms with Gasteiger partial charge >= 0.3 is 0 Å². The van der Waals surface area contributed by atoms with E-state index in [4.69, 9.17) is 0 Å². The molecule has 0 spiro atoms. The summed E-state index contributed by atoms with van der Waals surface area (Å²) in [5.74, 6) is -0.997. The van der Waals surface area contributed by atoms with Crippen LogP contribution in [0.25, 0.3) is 0 Å². The first-order valence-corrected chi connectivity index (χ1v) is 5.26. The predicted molar refractivity (Wildman–Crippen MR) is 45.3 cm³/mol. The number of aromatic nitrogens is 1. The first-order chi connectivity index (χ1) is 6.73. The minimum atomic E-state index is -4.40. The molecule has 4 nitrogen and oxygen atoms in total. The quantitative estimate of drug-likeness (QED) is 0.841. The van der Waals surface area contributed by atoms with Crippen LogP contribution in [0.1, 0.15) is 17.8 Å². The molecule has 0 aliphatic rings. The number of sulfonamides is 1. The van der Waals surface area contributed by atoms with Gasteiger partial charge in [-0.2, -0.15) is 0 Å². The third-order valence-corrected chi connectivity index (χ3v) is 2.60. The number of nitrogens with zero attached hydrogens (tertiary/aromatic N) is 1. The van der Waals surface area contributed by atoms with Crippen LogP contribution in [0.5, 0.6) is 0 Å². The van der Waals surface area contributed by atoms with E-state index in [-0.39, 0.29) is 5.69 Å². The molecule has 1 aromatic heterocycles. The van der Waals surface area contributed by atoms with Crippen LogP contribution in [-0.4, -0.2) is 13.4 Å².